The van der Waals surface area contributed by atoms with Crippen LogP contribution in [0.5, 0.6) is 5.88 Å². The Balaban J connectivity index is 1.10. The molecule has 13 nitrogen and oxygen atoms in total. The molecule has 2 saturated heterocycles. The summed E-state index contributed by atoms with van der Waals surface area (Å²) in [5, 5.41) is 17.0. The number of aromatic nitrogens is 4. The standard InChI is InChI=1S/C40H42Cl2N8O5/c1-22-19-30-32(37(52)48(3)39(54)47(30)2)35(43-22)44-27-10-6-8-25(34(27)42)24-7-5-9-26(33(24)41)28-20-23-11-12-29(31(23)36(45-28)55-4)50-16-14-40(21-50)13-15-49(17-18-51)38(53)46-40/h5-10,19-20,29,51H,11-18,21H2,1-4H3,(H,43,44)(H,46,53)/t29-,40+/m0/s1. The van der Waals surface area contributed by atoms with E-state index in [1.165, 1.54) is 11.6 Å². The second kappa shape index (κ2) is 14.3. The van der Waals surface area contributed by atoms with Crippen molar-refractivity contribution in [3.05, 3.63) is 96.2 Å². The number of carbonyl (C=O) groups excluding carboxylic acids is 1. The van der Waals surface area contributed by atoms with E-state index in [9.17, 15) is 19.5 Å². The maximum Gasteiger partial charge on any atom is 0.330 e. The smallest absolute Gasteiger partial charge is 0.330 e. The van der Waals surface area contributed by atoms with Crippen molar-refractivity contribution < 1.29 is 14.6 Å². The Hall–Kier alpha value is -4.95. The zero-order chi connectivity index (χ0) is 38.8. The average molecular weight is 786 g/mol. The summed E-state index contributed by atoms with van der Waals surface area (Å²) in [5.74, 6) is 0.847. The van der Waals surface area contributed by atoms with Gasteiger partial charge in [-0.3, -0.25) is 18.8 Å². The SMILES string of the molecule is COc1nc(-c2cccc(-c3cccc(Nc4nc(C)cc5c4c(=O)n(C)c(=O)n5C)c3Cl)c2Cl)cc2c1[C@@H](N1CC[C@]3(CCN(CCO)C(=O)N3)C1)CC2. The number of aliphatic hydroxyl groups is 1. The molecule has 1 spiro atoms. The third kappa shape index (κ3) is 6.32. The monoisotopic (exact) mass is 784 g/mol. The van der Waals surface area contributed by atoms with Crippen molar-refractivity contribution in [2.45, 2.75) is 44.2 Å². The number of hydrogen-bond acceptors (Lipinski definition) is 9. The van der Waals surface area contributed by atoms with E-state index in [0.29, 0.717) is 62.7 Å². The molecule has 5 aromatic rings. The number of likely N-dealkylation sites (tertiary alicyclic amines) is 1. The van der Waals surface area contributed by atoms with Crippen LogP contribution in [-0.4, -0.2) is 85.5 Å². The van der Waals surface area contributed by atoms with Gasteiger partial charge in [0.1, 0.15) is 11.2 Å². The Morgan fingerprint density at radius 1 is 0.982 bits per heavy atom. The van der Waals surface area contributed by atoms with Gasteiger partial charge < -0.3 is 25.4 Å². The van der Waals surface area contributed by atoms with Gasteiger partial charge in [-0.15, -0.1) is 0 Å². The van der Waals surface area contributed by atoms with Crippen LogP contribution < -0.4 is 26.6 Å². The molecule has 2 aromatic carbocycles. The third-order valence-corrected chi connectivity index (χ3v) is 12.2. The maximum absolute atomic E-state index is 13.3. The molecule has 3 aromatic heterocycles. The van der Waals surface area contributed by atoms with E-state index in [1.807, 2.05) is 30.3 Å². The highest BCUT2D eigenvalue weighted by Gasteiger charge is 2.46. The number of pyridine rings is 2. The normalized spacial score (nSPS) is 19.7. The first-order valence-corrected chi connectivity index (χ1v) is 19.1. The van der Waals surface area contributed by atoms with Crippen LogP contribution in [0, 0.1) is 6.92 Å². The summed E-state index contributed by atoms with van der Waals surface area (Å²) in [6.07, 6.45) is 3.46. The first-order chi connectivity index (χ1) is 26.4. The first-order valence-electron chi connectivity index (χ1n) is 18.4. The van der Waals surface area contributed by atoms with Crippen LogP contribution in [0.3, 0.4) is 0 Å². The van der Waals surface area contributed by atoms with Crippen molar-refractivity contribution in [1.82, 2.24) is 34.2 Å². The van der Waals surface area contributed by atoms with Gasteiger partial charge in [-0.2, -0.15) is 0 Å². The van der Waals surface area contributed by atoms with Crippen LogP contribution in [-0.2, 0) is 20.5 Å². The zero-order valence-electron chi connectivity index (χ0n) is 31.1. The highest BCUT2D eigenvalue weighted by atomic mass is 35.5. The summed E-state index contributed by atoms with van der Waals surface area (Å²) in [6.45, 7) is 4.32. The number of β-amino-alcohol motifs (C(OH)–C–C–N with tert-alkyl or cyclic N) is 1. The van der Waals surface area contributed by atoms with E-state index in [4.69, 9.17) is 32.9 Å². The molecule has 3 N–H and O–H groups in total. The summed E-state index contributed by atoms with van der Waals surface area (Å²) in [4.78, 5) is 52.5. The number of ether oxygens (including phenoxy) is 1. The second-order valence-corrected chi connectivity index (χ2v) is 15.5. The lowest BCUT2D eigenvalue weighted by molar-refractivity contribution is 0.127. The fourth-order valence-electron chi connectivity index (χ4n) is 8.58. The highest BCUT2D eigenvalue weighted by Crippen LogP contribution is 2.47. The van der Waals surface area contributed by atoms with Crippen LogP contribution in [0.2, 0.25) is 10.0 Å². The van der Waals surface area contributed by atoms with Gasteiger partial charge in [0.05, 0.1) is 46.2 Å². The minimum atomic E-state index is -0.465. The molecule has 286 valence electrons. The maximum atomic E-state index is 13.3. The lowest BCUT2D eigenvalue weighted by Crippen LogP contribution is -2.61. The molecule has 15 heteroatoms. The Kier molecular flexibility index (Phi) is 9.61. The van der Waals surface area contributed by atoms with Crippen molar-refractivity contribution in [3.63, 3.8) is 0 Å². The molecule has 2 atom stereocenters. The number of fused-ring (bicyclic) bond motifs is 2. The van der Waals surface area contributed by atoms with Gasteiger partial charge in [0.25, 0.3) is 5.56 Å². The van der Waals surface area contributed by atoms with Gasteiger partial charge in [-0.1, -0.05) is 53.5 Å². The number of amides is 2. The molecular weight excluding hydrogens is 743 g/mol. The summed E-state index contributed by atoms with van der Waals surface area (Å²) in [7, 11) is 4.70. The molecule has 8 rings (SSSR count). The fourth-order valence-corrected chi connectivity index (χ4v) is 9.18. The van der Waals surface area contributed by atoms with E-state index in [2.05, 4.69) is 26.6 Å². The second-order valence-electron chi connectivity index (χ2n) is 14.7. The number of benzene rings is 2. The van der Waals surface area contributed by atoms with Crippen molar-refractivity contribution in [2.24, 2.45) is 14.1 Å². The molecule has 0 unspecified atom stereocenters. The molecule has 0 bridgehead atoms. The molecule has 2 aliphatic heterocycles. The number of nitrogens with zero attached hydrogens (tertiary/aromatic N) is 6. The Labute approximate surface area is 327 Å². The predicted molar refractivity (Wildman–Crippen MR) is 214 cm³/mol. The molecule has 0 saturated carbocycles. The predicted octanol–water partition coefficient (Wildman–Crippen LogP) is 5.57. The van der Waals surface area contributed by atoms with E-state index < -0.39 is 11.2 Å². The summed E-state index contributed by atoms with van der Waals surface area (Å²) >= 11 is 14.3. The number of aryl methyl sites for hydroxylation is 3. The third-order valence-electron chi connectivity index (χ3n) is 11.4. The summed E-state index contributed by atoms with van der Waals surface area (Å²) in [6, 6.07) is 15.1. The largest absolute Gasteiger partial charge is 0.481 e. The van der Waals surface area contributed by atoms with Crippen molar-refractivity contribution >= 4 is 51.6 Å². The summed E-state index contributed by atoms with van der Waals surface area (Å²) in [5.41, 5.74) is 5.43. The number of carbonyl (C=O) groups is 1. The van der Waals surface area contributed by atoms with Crippen LogP contribution in [0.4, 0.5) is 16.3 Å². The number of methoxy groups -OCH3 is 1. The molecule has 55 heavy (non-hydrogen) atoms. The fraction of sp³-hybridized carbons (Fsp3) is 0.375. The van der Waals surface area contributed by atoms with Crippen LogP contribution >= 0.6 is 23.2 Å². The minimum absolute atomic E-state index is 0.0475. The molecule has 1 aliphatic carbocycles. The topological polar surface area (TPSA) is 147 Å². The lowest BCUT2D eigenvalue weighted by Gasteiger charge is -2.40. The zero-order valence-corrected chi connectivity index (χ0v) is 32.6. The Morgan fingerprint density at radius 3 is 2.45 bits per heavy atom. The molecule has 2 amide bonds. The van der Waals surface area contributed by atoms with Gasteiger partial charge in [0.2, 0.25) is 5.88 Å². The average Bonchev–Trinajstić information content (AvgIpc) is 3.79. The van der Waals surface area contributed by atoms with Crippen molar-refractivity contribution in [2.75, 3.05) is 45.2 Å². The van der Waals surface area contributed by atoms with E-state index in [0.717, 1.165) is 60.0 Å². The van der Waals surface area contributed by atoms with Crippen LogP contribution in [0.25, 0.3) is 33.3 Å². The van der Waals surface area contributed by atoms with Gasteiger partial charge in [-0.25, -0.2) is 19.6 Å². The highest BCUT2D eigenvalue weighted by molar-refractivity contribution is 6.39. The van der Waals surface area contributed by atoms with Gasteiger partial charge >= 0.3 is 11.7 Å². The van der Waals surface area contributed by atoms with Gasteiger partial charge in [0.15, 0.2) is 0 Å². The minimum Gasteiger partial charge on any atom is -0.481 e. The number of aliphatic hydroxyl groups excluding tert-OH is 1. The van der Waals surface area contributed by atoms with Gasteiger partial charge in [0, 0.05) is 74.3 Å². The number of hydrogen-bond donors (Lipinski definition) is 3. The molecule has 5 heterocycles. The number of anilines is 2. The number of urea groups is 1. The lowest BCUT2D eigenvalue weighted by atomic mass is 9.92. The van der Waals surface area contributed by atoms with E-state index in [-0.39, 0.29) is 35.4 Å². The molecule has 2 fully saturated rings. The first kappa shape index (κ1) is 37.0. The Morgan fingerprint density at radius 2 is 1.71 bits per heavy atom. The van der Waals surface area contributed by atoms with Crippen molar-refractivity contribution in [1.29, 1.82) is 0 Å². The van der Waals surface area contributed by atoms with E-state index in [1.54, 1.807) is 38.1 Å². The molecule has 3 aliphatic rings. The number of nitrogens with one attached hydrogen (secondary N) is 2. The number of rotatable bonds is 8. The van der Waals surface area contributed by atoms with Crippen molar-refractivity contribution in [3.8, 4) is 28.3 Å². The van der Waals surface area contributed by atoms with Gasteiger partial charge in [-0.05, 0) is 56.4 Å². The Bertz CT molecular complexity index is 2500. The van der Waals surface area contributed by atoms with Crippen LogP contribution in [0.15, 0.2) is 58.1 Å². The van der Waals surface area contributed by atoms with E-state index >= 15 is 0 Å². The molecular formula is C40H42Cl2N8O5. The summed E-state index contributed by atoms with van der Waals surface area (Å²) < 4.78 is 8.45. The molecule has 0 radical (unpaired) electrons. The van der Waals surface area contributed by atoms with Crippen LogP contribution in [0.1, 0.15) is 42.1 Å². The number of halogens is 2. The quantitative estimate of drug-likeness (QED) is 0.184.